The standard InChI is InChI=1S/C40H56O7/c1-24-14-19-39(35(44)45)20-21-40(23-47-33(43)13-9-26-8-11-28(41)29(22-26)46-7)27(34(39)25(24)2)10-12-31-37(5)17-16-32(42)36(3,4)30(37)15-18-38(31,40)6/h8-11,13,22,24-25,30-32,34,41-42H,12,14-21,23H2,1-7H3,(H,44,45)/t24-,25+,30+,31-,32+,34+,37+,38-,39+,40+/m1/s1. The average molecular weight is 649 g/mol. The highest BCUT2D eigenvalue weighted by Gasteiger charge is 2.71. The van der Waals surface area contributed by atoms with Gasteiger partial charge in [0.25, 0.3) is 0 Å². The van der Waals surface area contributed by atoms with E-state index in [0.717, 1.165) is 38.5 Å². The normalized spacial score (nSPS) is 42.3. The zero-order valence-corrected chi connectivity index (χ0v) is 29.5. The second kappa shape index (κ2) is 11.7. The number of aliphatic carboxylic acids is 1. The van der Waals surface area contributed by atoms with E-state index < -0.39 is 22.8 Å². The second-order valence-electron chi connectivity index (χ2n) is 17.1. The van der Waals surface area contributed by atoms with Crippen LogP contribution in [-0.2, 0) is 14.3 Å². The second-order valence-corrected chi connectivity index (χ2v) is 17.1. The van der Waals surface area contributed by atoms with Gasteiger partial charge in [0.15, 0.2) is 11.5 Å². The molecule has 1 aromatic carbocycles. The van der Waals surface area contributed by atoms with Gasteiger partial charge in [0.05, 0.1) is 18.6 Å². The van der Waals surface area contributed by atoms with E-state index in [4.69, 9.17) is 9.47 Å². The summed E-state index contributed by atoms with van der Waals surface area (Å²) < 4.78 is 11.5. The minimum atomic E-state index is -0.787. The van der Waals surface area contributed by atoms with E-state index in [9.17, 15) is 24.9 Å². The zero-order valence-electron chi connectivity index (χ0n) is 29.5. The SMILES string of the molecule is COc1cc(C=CC(=O)OC[C@@]23CC[C@@]4(C(=O)O)CC[C@@H](C)[C@H](C)[C@H]4C2=CC[C@@H]2[C@@]4(C)CC[C@H](O)C(C)(C)[C@@H]4CC[C@]23C)ccc1O. The number of methoxy groups -OCH3 is 1. The fourth-order valence-electron chi connectivity index (χ4n) is 12.2. The average Bonchev–Trinajstić information content (AvgIpc) is 3.03. The van der Waals surface area contributed by atoms with Gasteiger partial charge < -0.3 is 24.8 Å². The molecule has 0 amide bonds. The minimum Gasteiger partial charge on any atom is -0.504 e. The summed E-state index contributed by atoms with van der Waals surface area (Å²) in [5, 5.41) is 32.0. The monoisotopic (exact) mass is 648 g/mol. The molecule has 0 aromatic heterocycles. The summed E-state index contributed by atoms with van der Waals surface area (Å²) in [5.41, 5.74) is 0.329. The van der Waals surface area contributed by atoms with Crippen molar-refractivity contribution in [3.63, 3.8) is 0 Å². The predicted molar refractivity (Wildman–Crippen MR) is 182 cm³/mol. The third-order valence-electron chi connectivity index (χ3n) is 15.1. The molecule has 7 nitrogen and oxygen atoms in total. The molecule has 0 radical (unpaired) electrons. The topological polar surface area (TPSA) is 113 Å². The van der Waals surface area contributed by atoms with Crippen LogP contribution in [0.25, 0.3) is 6.08 Å². The van der Waals surface area contributed by atoms with E-state index in [0.29, 0.717) is 48.3 Å². The molecule has 4 saturated carbocycles. The maximum Gasteiger partial charge on any atom is 0.330 e. The maximum absolute atomic E-state index is 13.5. The van der Waals surface area contributed by atoms with Crippen molar-refractivity contribution in [2.24, 2.45) is 56.7 Å². The Balaban J connectivity index is 1.40. The van der Waals surface area contributed by atoms with Crippen LogP contribution >= 0.6 is 0 Å². The van der Waals surface area contributed by atoms with Crippen LogP contribution in [0, 0.1) is 56.7 Å². The fourth-order valence-corrected chi connectivity index (χ4v) is 12.2. The number of aliphatic hydroxyl groups excluding tert-OH is 1. The highest BCUT2D eigenvalue weighted by molar-refractivity contribution is 5.87. The molecule has 5 aliphatic rings. The summed E-state index contributed by atoms with van der Waals surface area (Å²) in [6.07, 6.45) is 12.7. The number of carbonyl (C=O) groups is 2. The van der Waals surface area contributed by atoms with E-state index in [1.807, 2.05) is 0 Å². The molecule has 0 aliphatic heterocycles. The summed E-state index contributed by atoms with van der Waals surface area (Å²) in [6, 6.07) is 4.92. The van der Waals surface area contributed by atoms with E-state index in [2.05, 4.69) is 47.6 Å². The Kier molecular flexibility index (Phi) is 8.46. The number of esters is 1. The van der Waals surface area contributed by atoms with Crippen LogP contribution in [0.1, 0.15) is 105 Å². The Morgan fingerprint density at radius 3 is 2.43 bits per heavy atom. The first kappa shape index (κ1) is 34.1. The third kappa shape index (κ3) is 4.91. The number of phenols is 1. The lowest BCUT2D eigenvalue weighted by molar-refractivity contribution is -0.218. The van der Waals surface area contributed by atoms with Crippen LogP contribution < -0.4 is 4.74 Å². The third-order valence-corrected chi connectivity index (χ3v) is 15.1. The molecule has 47 heavy (non-hydrogen) atoms. The van der Waals surface area contributed by atoms with Gasteiger partial charge in [0, 0.05) is 11.5 Å². The van der Waals surface area contributed by atoms with Gasteiger partial charge in [-0.1, -0.05) is 59.3 Å². The molecule has 0 unspecified atom stereocenters. The number of aromatic hydroxyl groups is 1. The van der Waals surface area contributed by atoms with Gasteiger partial charge in [0.1, 0.15) is 6.61 Å². The van der Waals surface area contributed by atoms with Crippen molar-refractivity contribution in [2.45, 2.75) is 105 Å². The van der Waals surface area contributed by atoms with Crippen LogP contribution in [0.2, 0.25) is 0 Å². The van der Waals surface area contributed by atoms with E-state index in [1.54, 1.807) is 18.2 Å². The zero-order chi connectivity index (χ0) is 34.2. The number of hydrogen-bond donors (Lipinski definition) is 3. The Hall–Kier alpha value is -2.80. The number of carbonyl (C=O) groups excluding carboxylic acids is 1. The number of aliphatic hydroxyl groups is 1. The Labute approximate surface area is 280 Å². The number of allylic oxidation sites excluding steroid dienone is 1. The van der Waals surface area contributed by atoms with Gasteiger partial charge in [-0.25, -0.2) is 4.79 Å². The smallest absolute Gasteiger partial charge is 0.330 e. The van der Waals surface area contributed by atoms with Gasteiger partial charge in [-0.15, -0.1) is 0 Å². The number of rotatable bonds is 6. The number of benzene rings is 1. The van der Waals surface area contributed by atoms with Crippen molar-refractivity contribution in [1.82, 2.24) is 0 Å². The molecule has 0 bridgehead atoms. The molecule has 0 spiro atoms. The largest absolute Gasteiger partial charge is 0.504 e. The van der Waals surface area contributed by atoms with Crippen LogP contribution in [0.5, 0.6) is 11.5 Å². The van der Waals surface area contributed by atoms with Crippen LogP contribution in [0.4, 0.5) is 0 Å². The lowest BCUT2D eigenvalue weighted by atomic mass is 9.33. The number of ether oxygens (including phenoxy) is 2. The number of phenolic OH excluding ortho intramolecular Hbond substituents is 1. The Bertz CT molecular complexity index is 1480. The summed E-state index contributed by atoms with van der Waals surface area (Å²) in [6.45, 7) is 14.1. The molecule has 7 heteroatoms. The summed E-state index contributed by atoms with van der Waals surface area (Å²) >= 11 is 0. The van der Waals surface area contributed by atoms with E-state index in [-0.39, 0.29) is 46.5 Å². The highest BCUT2D eigenvalue weighted by Crippen LogP contribution is 2.76. The molecule has 3 N–H and O–H groups in total. The Morgan fingerprint density at radius 1 is 0.979 bits per heavy atom. The molecule has 0 saturated heterocycles. The van der Waals surface area contributed by atoms with Crippen molar-refractivity contribution >= 4 is 18.0 Å². The maximum atomic E-state index is 13.5. The Morgan fingerprint density at radius 2 is 1.72 bits per heavy atom. The first-order chi connectivity index (χ1) is 22.1. The highest BCUT2D eigenvalue weighted by atomic mass is 16.5. The van der Waals surface area contributed by atoms with Gasteiger partial charge >= 0.3 is 11.9 Å². The molecule has 4 fully saturated rings. The van der Waals surface area contributed by atoms with Gasteiger partial charge in [-0.2, -0.15) is 0 Å². The number of hydrogen-bond acceptors (Lipinski definition) is 6. The molecule has 1 aromatic rings. The molecule has 0 heterocycles. The van der Waals surface area contributed by atoms with Crippen molar-refractivity contribution in [2.75, 3.05) is 13.7 Å². The van der Waals surface area contributed by atoms with Gasteiger partial charge in [0.2, 0.25) is 0 Å². The number of carboxylic acid groups (broad SMARTS) is 1. The molecular weight excluding hydrogens is 592 g/mol. The predicted octanol–water partition coefficient (Wildman–Crippen LogP) is 8.04. The molecule has 5 aliphatic carbocycles. The van der Waals surface area contributed by atoms with E-state index in [1.165, 1.54) is 24.8 Å². The summed E-state index contributed by atoms with van der Waals surface area (Å²) in [5.74, 6) is 0.499. The minimum absolute atomic E-state index is 0.0133. The lowest BCUT2D eigenvalue weighted by Gasteiger charge is -2.71. The molecular formula is C40H56O7. The lowest BCUT2D eigenvalue weighted by Crippen LogP contribution is -2.67. The number of carboxylic acids is 1. The van der Waals surface area contributed by atoms with Gasteiger partial charge in [-0.05, 0) is 127 Å². The van der Waals surface area contributed by atoms with Crippen LogP contribution in [-0.4, -0.2) is 47.1 Å². The number of fused-ring (bicyclic) bond motifs is 7. The first-order valence-electron chi connectivity index (χ1n) is 17.9. The van der Waals surface area contributed by atoms with Crippen molar-refractivity contribution in [3.05, 3.63) is 41.5 Å². The van der Waals surface area contributed by atoms with Crippen molar-refractivity contribution < 1.29 is 34.4 Å². The quantitative estimate of drug-likeness (QED) is 0.163. The molecule has 6 rings (SSSR count). The summed E-state index contributed by atoms with van der Waals surface area (Å²) in [4.78, 5) is 26.7. The van der Waals surface area contributed by atoms with Crippen LogP contribution in [0.3, 0.4) is 0 Å². The fraction of sp³-hybridized carbons (Fsp3) is 0.700. The summed E-state index contributed by atoms with van der Waals surface area (Å²) in [7, 11) is 1.49. The van der Waals surface area contributed by atoms with Crippen molar-refractivity contribution in [1.29, 1.82) is 0 Å². The van der Waals surface area contributed by atoms with Crippen molar-refractivity contribution in [3.8, 4) is 11.5 Å². The molecule has 10 atom stereocenters. The molecule has 258 valence electrons. The first-order valence-corrected chi connectivity index (χ1v) is 17.9. The van der Waals surface area contributed by atoms with Crippen LogP contribution in [0.15, 0.2) is 35.9 Å². The van der Waals surface area contributed by atoms with E-state index >= 15 is 0 Å². The van der Waals surface area contributed by atoms with Gasteiger partial charge in [-0.3, -0.25) is 4.79 Å².